The number of fused-ring (bicyclic) bond motifs is 1. The Morgan fingerprint density at radius 1 is 1.41 bits per heavy atom. The average Bonchev–Trinajstić information content (AvgIpc) is 2.64. The average molecular weight is 232 g/mol. The van der Waals surface area contributed by atoms with Gasteiger partial charge in [0.1, 0.15) is 0 Å². The lowest BCUT2D eigenvalue weighted by Crippen LogP contribution is -2.29. The number of nitrogens with zero attached hydrogens (tertiary/aromatic N) is 3. The van der Waals surface area contributed by atoms with Gasteiger partial charge in [-0.25, -0.2) is 4.98 Å². The van der Waals surface area contributed by atoms with Gasteiger partial charge < -0.3 is 14.8 Å². The normalized spacial score (nSPS) is 10.5. The number of likely N-dealkylation sites (N-methyl/N-ethyl adjacent to an activating group) is 1. The van der Waals surface area contributed by atoms with Crippen molar-refractivity contribution in [2.45, 2.75) is 0 Å². The number of rotatable bonds is 3. The van der Waals surface area contributed by atoms with E-state index < -0.39 is 0 Å². The number of carbonyl (C=O) groups is 1. The molecule has 0 aliphatic heterocycles. The van der Waals surface area contributed by atoms with Crippen LogP contribution >= 0.6 is 0 Å². The van der Waals surface area contributed by atoms with Gasteiger partial charge in [-0.3, -0.25) is 4.79 Å². The number of aromatic nitrogens is 2. The van der Waals surface area contributed by atoms with Crippen molar-refractivity contribution in [3.05, 3.63) is 24.3 Å². The van der Waals surface area contributed by atoms with Crippen LogP contribution in [0.1, 0.15) is 0 Å². The van der Waals surface area contributed by atoms with Gasteiger partial charge in [0.25, 0.3) is 0 Å². The van der Waals surface area contributed by atoms with Gasteiger partial charge in [0.2, 0.25) is 11.9 Å². The van der Waals surface area contributed by atoms with E-state index in [0.717, 1.165) is 11.0 Å². The molecule has 5 heteroatoms. The highest BCUT2D eigenvalue weighted by atomic mass is 16.2. The number of hydrogen-bond acceptors (Lipinski definition) is 3. The second kappa shape index (κ2) is 4.45. The number of para-hydroxylation sites is 2. The Hall–Kier alpha value is -2.04. The third kappa shape index (κ3) is 2.22. The number of nitrogens with one attached hydrogen (secondary N) is 1. The SMILES string of the molecule is CN(C)C(=O)CNc1nc2ccccc2n1C. The maximum atomic E-state index is 11.5. The maximum absolute atomic E-state index is 11.5. The van der Waals surface area contributed by atoms with Gasteiger partial charge in [-0.15, -0.1) is 0 Å². The van der Waals surface area contributed by atoms with Crippen molar-refractivity contribution >= 4 is 22.9 Å². The van der Waals surface area contributed by atoms with Gasteiger partial charge in [-0.2, -0.15) is 0 Å². The number of hydrogen-bond donors (Lipinski definition) is 1. The van der Waals surface area contributed by atoms with Crippen LogP contribution in [0.5, 0.6) is 0 Å². The fraction of sp³-hybridized carbons (Fsp3) is 0.333. The molecule has 0 saturated heterocycles. The summed E-state index contributed by atoms with van der Waals surface area (Å²) in [5.74, 6) is 0.735. The van der Waals surface area contributed by atoms with E-state index in [1.165, 1.54) is 0 Å². The van der Waals surface area contributed by atoms with E-state index in [1.807, 2.05) is 35.9 Å². The Morgan fingerprint density at radius 3 is 2.76 bits per heavy atom. The minimum atomic E-state index is 0.0251. The lowest BCUT2D eigenvalue weighted by molar-refractivity contribution is -0.126. The van der Waals surface area contributed by atoms with E-state index in [4.69, 9.17) is 0 Å². The summed E-state index contributed by atoms with van der Waals surface area (Å²) < 4.78 is 1.94. The molecule has 0 unspecified atom stereocenters. The molecule has 90 valence electrons. The summed E-state index contributed by atoms with van der Waals surface area (Å²) in [5, 5.41) is 3.04. The largest absolute Gasteiger partial charge is 0.347 e. The van der Waals surface area contributed by atoms with E-state index in [1.54, 1.807) is 19.0 Å². The summed E-state index contributed by atoms with van der Waals surface area (Å²) in [5.41, 5.74) is 1.97. The van der Waals surface area contributed by atoms with Gasteiger partial charge >= 0.3 is 0 Å². The Bertz CT molecular complexity index is 544. The van der Waals surface area contributed by atoms with Gasteiger partial charge in [0, 0.05) is 21.1 Å². The van der Waals surface area contributed by atoms with E-state index >= 15 is 0 Å². The number of imidazole rings is 1. The molecule has 1 aromatic carbocycles. The van der Waals surface area contributed by atoms with Crippen molar-refractivity contribution < 1.29 is 4.79 Å². The first-order valence-electron chi connectivity index (χ1n) is 5.45. The fourth-order valence-corrected chi connectivity index (χ4v) is 1.62. The highest BCUT2D eigenvalue weighted by molar-refractivity contribution is 5.82. The molecule has 1 N–H and O–H groups in total. The van der Waals surface area contributed by atoms with E-state index in [9.17, 15) is 4.79 Å². The first-order valence-corrected chi connectivity index (χ1v) is 5.45. The molecule has 0 bridgehead atoms. The molecule has 1 heterocycles. The van der Waals surface area contributed by atoms with E-state index in [0.29, 0.717) is 5.95 Å². The highest BCUT2D eigenvalue weighted by Gasteiger charge is 2.09. The van der Waals surface area contributed by atoms with Crippen LogP contribution < -0.4 is 5.32 Å². The van der Waals surface area contributed by atoms with Crippen molar-refractivity contribution in [3.8, 4) is 0 Å². The quantitative estimate of drug-likeness (QED) is 0.861. The smallest absolute Gasteiger partial charge is 0.241 e. The minimum Gasteiger partial charge on any atom is -0.347 e. The predicted molar refractivity (Wildman–Crippen MR) is 67.9 cm³/mol. The van der Waals surface area contributed by atoms with E-state index in [-0.39, 0.29) is 12.5 Å². The third-order valence-corrected chi connectivity index (χ3v) is 2.68. The Morgan fingerprint density at radius 2 is 2.12 bits per heavy atom. The first-order chi connectivity index (χ1) is 8.09. The van der Waals surface area contributed by atoms with Crippen molar-refractivity contribution in [2.24, 2.45) is 7.05 Å². The van der Waals surface area contributed by atoms with Crippen molar-refractivity contribution in [2.75, 3.05) is 26.0 Å². The van der Waals surface area contributed by atoms with Crippen molar-refractivity contribution in [1.82, 2.24) is 14.5 Å². The molecular weight excluding hydrogens is 216 g/mol. The zero-order valence-corrected chi connectivity index (χ0v) is 10.3. The van der Waals surface area contributed by atoms with Crippen LogP contribution in [0.2, 0.25) is 0 Å². The number of carbonyl (C=O) groups excluding carboxylic acids is 1. The molecule has 0 aliphatic carbocycles. The van der Waals surface area contributed by atoms with Crippen LogP contribution in [0.25, 0.3) is 11.0 Å². The topological polar surface area (TPSA) is 50.2 Å². The molecule has 1 amide bonds. The van der Waals surface area contributed by atoms with Crippen LogP contribution in [-0.2, 0) is 11.8 Å². The number of anilines is 1. The molecule has 17 heavy (non-hydrogen) atoms. The van der Waals surface area contributed by atoms with Gasteiger partial charge in [0.05, 0.1) is 17.6 Å². The lowest BCUT2D eigenvalue weighted by atomic mass is 10.3. The molecule has 0 fully saturated rings. The summed E-state index contributed by atoms with van der Waals surface area (Å²) >= 11 is 0. The van der Waals surface area contributed by atoms with Gasteiger partial charge in [0.15, 0.2) is 0 Å². The summed E-state index contributed by atoms with van der Waals surface area (Å²) in [4.78, 5) is 17.4. The Kier molecular flexibility index (Phi) is 2.99. The Balaban J connectivity index is 2.19. The monoisotopic (exact) mass is 232 g/mol. The minimum absolute atomic E-state index is 0.0251. The van der Waals surface area contributed by atoms with Crippen molar-refractivity contribution in [3.63, 3.8) is 0 Å². The summed E-state index contributed by atoms with van der Waals surface area (Å²) in [6, 6.07) is 7.87. The molecule has 0 aliphatic rings. The Labute approximate surface area is 100 Å². The molecule has 0 spiro atoms. The molecule has 1 aromatic heterocycles. The van der Waals surface area contributed by atoms with Crippen LogP contribution in [-0.4, -0.2) is 41.0 Å². The number of aryl methyl sites for hydroxylation is 1. The lowest BCUT2D eigenvalue weighted by Gasteiger charge is -2.11. The van der Waals surface area contributed by atoms with Gasteiger partial charge in [-0.1, -0.05) is 12.1 Å². The highest BCUT2D eigenvalue weighted by Crippen LogP contribution is 2.17. The summed E-state index contributed by atoms with van der Waals surface area (Å²) in [6.07, 6.45) is 0. The molecule has 2 rings (SSSR count). The van der Waals surface area contributed by atoms with Crippen LogP contribution in [0.4, 0.5) is 5.95 Å². The summed E-state index contributed by atoms with van der Waals surface area (Å²) in [7, 11) is 5.40. The second-order valence-electron chi connectivity index (χ2n) is 4.12. The zero-order chi connectivity index (χ0) is 12.4. The number of amides is 1. The second-order valence-corrected chi connectivity index (χ2v) is 4.12. The third-order valence-electron chi connectivity index (χ3n) is 2.68. The molecule has 5 nitrogen and oxygen atoms in total. The van der Waals surface area contributed by atoms with Crippen LogP contribution in [0.15, 0.2) is 24.3 Å². The van der Waals surface area contributed by atoms with Crippen molar-refractivity contribution in [1.29, 1.82) is 0 Å². The first kappa shape index (κ1) is 11.4. The molecule has 2 aromatic rings. The zero-order valence-electron chi connectivity index (χ0n) is 10.3. The van der Waals surface area contributed by atoms with Crippen LogP contribution in [0, 0.1) is 0 Å². The maximum Gasteiger partial charge on any atom is 0.241 e. The fourth-order valence-electron chi connectivity index (χ4n) is 1.62. The predicted octanol–water partition coefficient (Wildman–Crippen LogP) is 1.07. The van der Waals surface area contributed by atoms with E-state index in [2.05, 4.69) is 10.3 Å². The van der Waals surface area contributed by atoms with Crippen LogP contribution in [0.3, 0.4) is 0 Å². The molecular formula is C12H16N4O. The molecule has 0 radical (unpaired) electrons. The number of benzene rings is 1. The van der Waals surface area contributed by atoms with Gasteiger partial charge in [-0.05, 0) is 12.1 Å². The molecule has 0 saturated carbocycles. The standard InChI is InChI=1S/C12H16N4O/c1-15(2)11(17)8-13-12-14-9-6-4-5-7-10(9)16(12)3/h4-7H,8H2,1-3H3,(H,13,14). The summed E-state index contributed by atoms with van der Waals surface area (Å²) in [6.45, 7) is 0.254. The molecule has 0 atom stereocenters.